The van der Waals surface area contributed by atoms with Crippen molar-refractivity contribution in [2.75, 3.05) is 7.05 Å². The number of nitrogens with zero attached hydrogens (tertiary/aromatic N) is 4. The Balaban J connectivity index is 1.86. The zero-order valence-electron chi connectivity index (χ0n) is 12.0. The molecule has 0 aliphatic carbocycles. The third-order valence-electron chi connectivity index (χ3n) is 3.47. The highest BCUT2D eigenvalue weighted by Gasteiger charge is 2.17. The van der Waals surface area contributed by atoms with Crippen molar-refractivity contribution in [1.82, 2.24) is 19.4 Å². The van der Waals surface area contributed by atoms with Crippen LogP contribution in [0.15, 0.2) is 41.4 Å². The van der Waals surface area contributed by atoms with Crippen LogP contribution in [0.1, 0.15) is 28.7 Å². The van der Waals surface area contributed by atoms with Gasteiger partial charge in [0.05, 0.1) is 12.2 Å². The van der Waals surface area contributed by atoms with Crippen molar-refractivity contribution in [3.05, 3.63) is 53.8 Å². The van der Waals surface area contributed by atoms with Crippen molar-refractivity contribution in [3.63, 3.8) is 0 Å². The van der Waals surface area contributed by atoms with Crippen molar-refractivity contribution in [2.45, 2.75) is 19.9 Å². The number of imidazole rings is 1. The minimum atomic E-state index is -0.0677. The lowest BCUT2D eigenvalue weighted by atomic mass is 10.2. The van der Waals surface area contributed by atoms with E-state index in [1.165, 1.54) is 0 Å². The van der Waals surface area contributed by atoms with Crippen LogP contribution in [0.2, 0.25) is 0 Å². The molecule has 3 aromatic rings. The molecule has 6 nitrogen and oxygen atoms in total. The molecule has 0 fully saturated rings. The van der Waals surface area contributed by atoms with E-state index in [1.54, 1.807) is 41.1 Å². The second-order valence-corrected chi connectivity index (χ2v) is 4.87. The van der Waals surface area contributed by atoms with Crippen LogP contribution in [-0.2, 0) is 13.0 Å². The molecule has 0 aliphatic rings. The van der Waals surface area contributed by atoms with Crippen molar-refractivity contribution >= 4 is 11.6 Å². The highest BCUT2D eigenvalue weighted by atomic mass is 16.5. The topological polar surface area (TPSA) is 63.6 Å². The molecule has 0 spiro atoms. The molecule has 0 N–H and O–H groups in total. The molecule has 0 aromatic carbocycles. The summed E-state index contributed by atoms with van der Waals surface area (Å²) >= 11 is 0. The number of amides is 1. The SMILES string of the molecule is CCc1nocc1CN(C)C(=O)c1cccc2nccn12. The number of aryl methyl sites for hydroxylation is 1. The molecule has 0 atom stereocenters. The number of carbonyl (C=O) groups excluding carboxylic acids is 1. The van der Waals surface area contributed by atoms with E-state index in [0.717, 1.165) is 23.3 Å². The average molecular weight is 284 g/mol. The molecule has 6 heteroatoms. The van der Waals surface area contributed by atoms with Crippen LogP contribution >= 0.6 is 0 Å². The molecule has 0 unspecified atom stereocenters. The molecule has 3 heterocycles. The Labute approximate surface area is 122 Å². The van der Waals surface area contributed by atoms with Gasteiger partial charge in [0.15, 0.2) is 0 Å². The van der Waals surface area contributed by atoms with Gasteiger partial charge in [-0.2, -0.15) is 0 Å². The summed E-state index contributed by atoms with van der Waals surface area (Å²) in [5.41, 5.74) is 3.16. The van der Waals surface area contributed by atoms with Gasteiger partial charge in [-0.25, -0.2) is 4.98 Å². The summed E-state index contributed by atoms with van der Waals surface area (Å²) in [6.07, 6.45) is 5.85. The monoisotopic (exact) mass is 284 g/mol. The molecule has 0 saturated heterocycles. The molecule has 0 bridgehead atoms. The van der Waals surface area contributed by atoms with Gasteiger partial charge >= 0.3 is 0 Å². The highest BCUT2D eigenvalue weighted by molar-refractivity contribution is 5.93. The van der Waals surface area contributed by atoms with Crippen LogP contribution in [-0.4, -0.2) is 32.4 Å². The Morgan fingerprint density at radius 3 is 3.10 bits per heavy atom. The fourth-order valence-corrected chi connectivity index (χ4v) is 2.35. The van der Waals surface area contributed by atoms with Crippen molar-refractivity contribution in [3.8, 4) is 0 Å². The highest BCUT2D eigenvalue weighted by Crippen LogP contribution is 2.13. The lowest BCUT2D eigenvalue weighted by molar-refractivity contribution is 0.0777. The molecule has 0 aliphatic heterocycles. The zero-order valence-corrected chi connectivity index (χ0v) is 12.0. The van der Waals surface area contributed by atoms with E-state index >= 15 is 0 Å². The van der Waals surface area contributed by atoms with E-state index in [1.807, 2.05) is 19.1 Å². The summed E-state index contributed by atoms with van der Waals surface area (Å²) in [7, 11) is 1.77. The number of fused-ring (bicyclic) bond motifs is 1. The standard InChI is InChI=1S/C15H16N4O2/c1-3-12-11(10-21-17-12)9-18(2)15(20)13-5-4-6-14-16-7-8-19(13)14/h4-8,10H,3,9H2,1-2H3. The first-order chi connectivity index (χ1) is 10.2. The first kappa shape index (κ1) is 13.4. The third kappa shape index (κ3) is 2.40. The predicted octanol–water partition coefficient (Wildman–Crippen LogP) is 2.16. The van der Waals surface area contributed by atoms with Gasteiger partial charge in [0.25, 0.3) is 5.91 Å². The van der Waals surface area contributed by atoms with Gasteiger partial charge in [-0.05, 0) is 18.6 Å². The first-order valence-corrected chi connectivity index (χ1v) is 6.80. The van der Waals surface area contributed by atoms with Gasteiger partial charge in [-0.15, -0.1) is 0 Å². The number of hydrogen-bond acceptors (Lipinski definition) is 4. The number of pyridine rings is 1. The summed E-state index contributed by atoms with van der Waals surface area (Å²) in [5, 5.41) is 3.93. The van der Waals surface area contributed by atoms with Gasteiger partial charge in [0.2, 0.25) is 0 Å². The van der Waals surface area contributed by atoms with Crippen LogP contribution in [0.5, 0.6) is 0 Å². The van der Waals surface area contributed by atoms with Gasteiger partial charge in [-0.1, -0.05) is 18.1 Å². The largest absolute Gasteiger partial charge is 0.364 e. The quantitative estimate of drug-likeness (QED) is 0.736. The van der Waals surface area contributed by atoms with Gasteiger partial charge in [0.1, 0.15) is 17.6 Å². The Morgan fingerprint density at radius 2 is 2.29 bits per heavy atom. The van der Waals surface area contributed by atoms with E-state index < -0.39 is 0 Å². The van der Waals surface area contributed by atoms with Gasteiger partial charge in [0, 0.05) is 25.0 Å². The number of rotatable bonds is 4. The van der Waals surface area contributed by atoms with Gasteiger partial charge in [-0.3, -0.25) is 9.20 Å². The van der Waals surface area contributed by atoms with Crippen molar-refractivity contribution in [1.29, 1.82) is 0 Å². The molecule has 1 amide bonds. The Hall–Kier alpha value is -2.63. The summed E-state index contributed by atoms with van der Waals surface area (Å²) in [5.74, 6) is -0.0677. The third-order valence-corrected chi connectivity index (χ3v) is 3.47. The lowest BCUT2D eigenvalue weighted by Crippen LogP contribution is -2.28. The summed E-state index contributed by atoms with van der Waals surface area (Å²) in [4.78, 5) is 18.5. The second kappa shape index (κ2) is 5.40. The molecule has 0 radical (unpaired) electrons. The Kier molecular flexibility index (Phi) is 3.43. The predicted molar refractivity (Wildman–Crippen MR) is 76.9 cm³/mol. The van der Waals surface area contributed by atoms with E-state index in [4.69, 9.17) is 4.52 Å². The second-order valence-electron chi connectivity index (χ2n) is 4.87. The maximum Gasteiger partial charge on any atom is 0.270 e. The van der Waals surface area contributed by atoms with Crippen LogP contribution < -0.4 is 0 Å². The summed E-state index contributed by atoms with van der Waals surface area (Å²) in [6, 6.07) is 5.49. The molecule has 3 rings (SSSR count). The minimum Gasteiger partial charge on any atom is -0.364 e. The Morgan fingerprint density at radius 1 is 1.43 bits per heavy atom. The van der Waals surface area contributed by atoms with E-state index in [9.17, 15) is 4.79 Å². The smallest absolute Gasteiger partial charge is 0.270 e. The average Bonchev–Trinajstić information content (AvgIpc) is 3.14. The molecule has 3 aromatic heterocycles. The zero-order chi connectivity index (χ0) is 14.8. The normalized spacial score (nSPS) is 11.0. The van der Waals surface area contributed by atoms with Crippen molar-refractivity contribution < 1.29 is 9.32 Å². The van der Waals surface area contributed by atoms with Crippen LogP contribution in [0.25, 0.3) is 5.65 Å². The van der Waals surface area contributed by atoms with Crippen molar-refractivity contribution in [2.24, 2.45) is 0 Å². The van der Waals surface area contributed by atoms with E-state index in [-0.39, 0.29) is 5.91 Å². The fourth-order valence-electron chi connectivity index (χ4n) is 2.35. The van der Waals surface area contributed by atoms with Crippen LogP contribution in [0, 0.1) is 0 Å². The number of carbonyl (C=O) groups is 1. The summed E-state index contributed by atoms with van der Waals surface area (Å²) < 4.78 is 6.76. The molecule has 108 valence electrons. The Bertz CT molecular complexity index is 775. The first-order valence-electron chi connectivity index (χ1n) is 6.80. The number of aromatic nitrogens is 3. The maximum atomic E-state index is 12.6. The van der Waals surface area contributed by atoms with Crippen LogP contribution in [0.4, 0.5) is 0 Å². The van der Waals surface area contributed by atoms with E-state index in [0.29, 0.717) is 12.2 Å². The molecule has 21 heavy (non-hydrogen) atoms. The molecule has 0 saturated carbocycles. The fraction of sp³-hybridized carbons (Fsp3) is 0.267. The maximum absolute atomic E-state index is 12.6. The van der Waals surface area contributed by atoms with E-state index in [2.05, 4.69) is 10.1 Å². The molecular formula is C15H16N4O2. The van der Waals surface area contributed by atoms with Gasteiger partial charge < -0.3 is 9.42 Å². The van der Waals surface area contributed by atoms with Crippen LogP contribution in [0.3, 0.4) is 0 Å². The minimum absolute atomic E-state index is 0.0677. The number of hydrogen-bond donors (Lipinski definition) is 0. The summed E-state index contributed by atoms with van der Waals surface area (Å²) in [6.45, 7) is 2.48. The molecular weight excluding hydrogens is 268 g/mol. The lowest BCUT2D eigenvalue weighted by Gasteiger charge is -2.17.